The number of hydrogen-bond acceptors (Lipinski definition) is 2. The van der Waals surface area contributed by atoms with E-state index in [1.807, 2.05) is 6.92 Å². The van der Waals surface area contributed by atoms with Crippen molar-refractivity contribution in [2.45, 2.75) is 46.1 Å². The van der Waals surface area contributed by atoms with Crippen molar-refractivity contribution in [2.75, 3.05) is 0 Å². The first kappa shape index (κ1) is 14.5. The normalized spacial score (nSPS) is 11.9. The molecule has 1 rings (SSSR count). The van der Waals surface area contributed by atoms with Gasteiger partial charge in [-0.2, -0.15) is 0 Å². The summed E-state index contributed by atoms with van der Waals surface area (Å²) in [4.78, 5) is 11.4. The molecule has 1 aromatic carbocycles. The van der Waals surface area contributed by atoms with E-state index in [1.165, 1.54) is 11.1 Å². The molecule has 0 heterocycles. The maximum atomic E-state index is 11.4. The third-order valence-corrected chi connectivity index (χ3v) is 2.74. The molecular weight excluding hydrogens is 224 g/mol. The second-order valence-electron chi connectivity index (χ2n) is 4.77. The van der Waals surface area contributed by atoms with E-state index in [0.29, 0.717) is 5.57 Å². The number of rotatable bonds is 6. The molecule has 2 heteroatoms. The largest absolute Gasteiger partial charge is 0.459 e. The van der Waals surface area contributed by atoms with Gasteiger partial charge in [0.15, 0.2) is 0 Å². The van der Waals surface area contributed by atoms with Crippen LogP contribution in [0, 0.1) is 0 Å². The zero-order chi connectivity index (χ0) is 13.5. The van der Waals surface area contributed by atoms with E-state index in [1.54, 1.807) is 6.92 Å². The van der Waals surface area contributed by atoms with E-state index >= 15 is 0 Å². The van der Waals surface area contributed by atoms with Gasteiger partial charge in [0.2, 0.25) is 0 Å². The number of benzene rings is 1. The lowest BCUT2D eigenvalue weighted by atomic mass is 10.0. The molecule has 0 spiro atoms. The van der Waals surface area contributed by atoms with E-state index in [2.05, 4.69) is 37.8 Å². The summed E-state index contributed by atoms with van der Waals surface area (Å²) in [7, 11) is 0. The highest BCUT2D eigenvalue weighted by Gasteiger charge is 2.10. The van der Waals surface area contributed by atoms with Gasteiger partial charge < -0.3 is 4.74 Å². The molecule has 0 aromatic heterocycles. The predicted octanol–water partition coefficient (Wildman–Crippen LogP) is 3.69. The fraction of sp³-hybridized carbons (Fsp3) is 0.438. The van der Waals surface area contributed by atoms with Crippen molar-refractivity contribution in [3.8, 4) is 0 Å². The minimum atomic E-state index is -0.315. The van der Waals surface area contributed by atoms with Crippen LogP contribution < -0.4 is 0 Å². The van der Waals surface area contributed by atoms with Gasteiger partial charge in [0.05, 0.1) is 0 Å². The molecule has 0 amide bonds. The fourth-order valence-electron chi connectivity index (χ4n) is 1.79. The minimum Gasteiger partial charge on any atom is -0.459 e. The predicted molar refractivity (Wildman–Crippen MR) is 74.5 cm³/mol. The molecule has 0 N–H and O–H groups in total. The van der Waals surface area contributed by atoms with Crippen molar-refractivity contribution in [2.24, 2.45) is 0 Å². The van der Waals surface area contributed by atoms with E-state index in [-0.39, 0.29) is 12.1 Å². The molecule has 1 aromatic rings. The maximum absolute atomic E-state index is 11.4. The number of carbonyl (C=O) groups is 1. The maximum Gasteiger partial charge on any atom is 0.333 e. The molecule has 1 unspecified atom stereocenters. The number of carbonyl (C=O) groups excluding carboxylic acids is 1. The Morgan fingerprint density at radius 2 is 1.83 bits per heavy atom. The van der Waals surface area contributed by atoms with Gasteiger partial charge in [-0.15, -0.1) is 0 Å². The van der Waals surface area contributed by atoms with Crippen molar-refractivity contribution in [3.05, 3.63) is 47.5 Å². The van der Waals surface area contributed by atoms with Gasteiger partial charge >= 0.3 is 5.97 Å². The van der Waals surface area contributed by atoms with E-state index < -0.39 is 0 Å². The van der Waals surface area contributed by atoms with Crippen LogP contribution in [0.2, 0.25) is 0 Å². The molecule has 98 valence electrons. The molecule has 0 fully saturated rings. The Labute approximate surface area is 110 Å². The number of ether oxygens (including phenoxy) is 1. The molecule has 0 aliphatic heterocycles. The average molecular weight is 246 g/mol. The molecule has 0 saturated heterocycles. The van der Waals surface area contributed by atoms with Gasteiger partial charge in [-0.25, -0.2) is 4.79 Å². The Balaban J connectivity index is 2.51. The van der Waals surface area contributed by atoms with Crippen LogP contribution >= 0.6 is 0 Å². The number of hydrogen-bond donors (Lipinski definition) is 0. The smallest absolute Gasteiger partial charge is 0.333 e. The van der Waals surface area contributed by atoms with Gasteiger partial charge in [-0.3, -0.25) is 0 Å². The molecular formula is C16H22O2. The molecule has 0 bridgehead atoms. The van der Waals surface area contributed by atoms with Crippen molar-refractivity contribution in [1.82, 2.24) is 0 Å². The molecule has 0 saturated carbocycles. The van der Waals surface area contributed by atoms with Gasteiger partial charge in [0, 0.05) is 12.0 Å². The number of aryl methyl sites for hydroxylation is 1. The summed E-state index contributed by atoms with van der Waals surface area (Å²) in [5.74, 6) is -0.315. The Hall–Kier alpha value is -1.57. The standard InChI is InChI=1S/C16H22O2/c1-5-6-14-7-9-15(10-8-14)11-13(4)18-16(17)12(2)3/h7-10,13H,2,5-6,11H2,1,3-4H3. The van der Waals surface area contributed by atoms with Crippen LogP contribution in [0.25, 0.3) is 0 Å². The average Bonchev–Trinajstić information content (AvgIpc) is 2.31. The summed E-state index contributed by atoms with van der Waals surface area (Å²) in [5, 5.41) is 0. The first-order valence-electron chi connectivity index (χ1n) is 6.47. The van der Waals surface area contributed by atoms with Gasteiger partial charge in [0.1, 0.15) is 6.10 Å². The lowest BCUT2D eigenvalue weighted by molar-refractivity contribution is -0.143. The molecule has 0 radical (unpaired) electrons. The summed E-state index contributed by atoms with van der Waals surface area (Å²) in [5.41, 5.74) is 2.99. The van der Waals surface area contributed by atoms with E-state index in [0.717, 1.165) is 19.3 Å². The lowest BCUT2D eigenvalue weighted by Crippen LogP contribution is -2.17. The molecule has 0 aliphatic carbocycles. The zero-order valence-electron chi connectivity index (χ0n) is 11.5. The zero-order valence-corrected chi connectivity index (χ0v) is 11.5. The lowest BCUT2D eigenvalue weighted by Gasteiger charge is -2.13. The molecule has 18 heavy (non-hydrogen) atoms. The molecule has 0 aliphatic rings. The highest BCUT2D eigenvalue weighted by molar-refractivity contribution is 5.87. The topological polar surface area (TPSA) is 26.3 Å². The van der Waals surface area contributed by atoms with Crippen LogP contribution in [0.3, 0.4) is 0 Å². The number of esters is 1. The Morgan fingerprint density at radius 3 is 2.33 bits per heavy atom. The van der Waals surface area contributed by atoms with Crippen LogP contribution in [0.15, 0.2) is 36.4 Å². The van der Waals surface area contributed by atoms with Crippen LogP contribution in [0.4, 0.5) is 0 Å². The van der Waals surface area contributed by atoms with E-state index in [4.69, 9.17) is 4.74 Å². The quantitative estimate of drug-likeness (QED) is 0.565. The SMILES string of the molecule is C=C(C)C(=O)OC(C)Cc1ccc(CCC)cc1. The summed E-state index contributed by atoms with van der Waals surface area (Å²) in [6.07, 6.45) is 2.89. The second kappa shape index (κ2) is 7.00. The monoisotopic (exact) mass is 246 g/mol. The highest BCUT2D eigenvalue weighted by Crippen LogP contribution is 2.11. The van der Waals surface area contributed by atoms with Gasteiger partial charge in [0.25, 0.3) is 0 Å². The van der Waals surface area contributed by atoms with Crippen molar-refractivity contribution < 1.29 is 9.53 Å². The van der Waals surface area contributed by atoms with Crippen molar-refractivity contribution in [3.63, 3.8) is 0 Å². The van der Waals surface area contributed by atoms with Crippen LogP contribution in [-0.4, -0.2) is 12.1 Å². The molecule has 2 nitrogen and oxygen atoms in total. The van der Waals surface area contributed by atoms with Crippen LogP contribution in [-0.2, 0) is 22.4 Å². The van der Waals surface area contributed by atoms with Gasteiger partial charge in [-0.05, 0) is 31.4 Å². The summed E-state index contributed by atoms with van der Waals surface area (Å²) < 4.78 is 5.25. The summed E-state index contributed by atoms with van der Waals surface area (Å²) >= 11 is 0. The van der Waals surface area contributed by atoms with Crippen LogP contribution in [0.1, 0.15) is 38.3 Å². The third-order valence-electron chi connectivity index (χ3n) is 2.74. The minimum absolute atomic E-state index is 0.119. The third kappa shape index (κ3) is 4.74. The first-order chi connectivity index (χ1) is 8.52. The Morgan fingerprint density at radius 1 is 1.28 bits per heavy atom. The van der Waals surface area contributed by atoms with Gasteiger partial charge in [-0.1, -0.05) is 44.2 Å². The van der Waals surface area contributed by atoms with Crippen molar-refractivity contribution in [1.29, 1.82) is 0 Å². The Kier molecular flexibility index (Phi) is 5.63. The van der Waals surface area contributed by atoms with Crippen LogP contribution in [0.5, 0.6) is 0 Å². The first-order valence-corrected chi connectivity index (χ1v) is 6.47. The van der Waals surface area contributed by atoms with Crippen molar-refractivity contribution >= 4 is 5.97 Å². The Bertz CT molecular complexity index is 404. The fourth-order valence-corrected chi connectivity index (χ4v) is 1.79. The summed E-state index contributed by atoms with van der Waals surface area (Å²) in [6.45, 7) is 9.31. The molecule has 1 atom stereocenters. The second-order valence-corrected chi connectivity index (χ2v) is 4.77. The highest BCUT2D eigenvalue weighted by atomic mass is 16.5. The van der Waals surface area contributed by atoms with E-state index in [9.17, 15) is 4.79 Å². The summed E-state index contributed by atoms with van der Waals surface area (Å²) in [6, 6.07) is 8.50.